The molecule has 0 aliphatic carbocycles. The van der Waals surface area contributed by atoms with E-state index in [0.29, 0.717) is 11.3 Å². The van der Waals surface area contributed by atoms with Crippen LogP contribution in [0.25, 0.3) is 0 Å². The summed E-state index contributed by atoms with van der Waals surface area (Å²) < 4.78 is 1.95. The number of hydrogen-bond acceptors (Lipinski definition) is 3. The van der Waals surface area contributed by atoms with Crippen LogP contribution in [-0.4, -0.2) is 26.8 Å². The zero-order chi connectivity index (χ0) is 13.1. The summed E-state index contributed by atoms with van der Waals surface area (Å²) in [5.41, 5.74) is 2.51. The van der Waals surface area contributed by atoms with Gasteiger partial charge in [-0.05, 0) is 35.9 Å². The van der Waals surface area contributed by atoms with Crippen LogP contribution < -0.4 is 5.32 Å². The van der Waals surface area contributed by atoms with Crippen molar-refractivity contribution in [1.29, 1.82) is 0 Å². The molecule has 0 radical (unpaired) electrons. The van der Waals surface area contributed by atoms with E-state index in [1.165, 1.54) is 23.4 Å². The second-order valence-electron chi connectivity index (χ2n) is 5.02. The van der Waals surface area contributed by atoms with Crippen molar-refractivity contribution in [3.05, 3.63) is 48.3 Å². The number of aromatic nitrogens is 2. The second-order valence-corrected chi connectivity index (χ2v) is 6.50. The van der Waals surface area contributed by atoms with E-state index in [9.17, 15) is 0 Å². The third-order valence-corrected chi connectivity index (χ3v) is 4.88. The molecule has 1 aromatic carbocycles. The maximum Gasteiger partial charge on any atom is 0.0660 e. The van der Waals surface area contributed by atoms with E-state index in [2.05, 4.69) is 53.4 Å². The molecular formula is C15H19N3S. The molecule has 2 aromatic rings. The van der Waals surface area contributed by atoms with Crippen LogP contribution in [0, 0.1) is 0 Å². The van der Waals surface area contributed by atoms with Crippen LogP contribution in [0.2, 0.25) is 0 Å². The number of anilines is 1. The Morgan fingerprint density at radius 3 is 3.11 bits per heavy atom. The van der Waals surface area contributed by atoms with E-state index in [4.69, 9.17) is 0 Å². The molecule has 2 heterocycles. The maximum atomic E-state index is 4.25. The van der Waals surface area contributed by atoms with Crippen molar-refractivity contribution in [2.24, 2.45) is 0 Å². The fourth-order valence-electron chi connectivity index (χ4n) is 2.48. The first-order valence-corrected chi connectivity index (χ1v) is 7.80. The van der Waals surface area contributed by atoms with Crippen LogP contribution in [0.15, 0.2) is 42.7 Å². The maximum absolute atomic E-state index is 4.25. The van der Waals surface area contributed by atoms with Crippen LogP contribution in [-0.2, 0) is 6.54 Å². The molecule has 1 saturated heterocycles. The molecule has 19 heavy (non-hydrogen) atoms. The Balaban J connectivity index is 1.69. The summed E-state index contributed by atoms with van der Waals surface area (Å²) in [6.45, 7) is 3.14. The van der Waals surface area contributed by atoms with Gasteiger partial charge >= 0.3 is 0 Å². The van der Waals surface area contributed by atoms with Gasteiger partial charge in [-0.3, -0.25) is 4.68 Å². The zero-order valence-electron chi connectivity index (χ0n) is 11.1. The number of hydrogen-bond donors (Lipinski definition) is 1. The lowest BCUT2D eigenvalue weighted by Crippen LogP contribution is -2.24. The van der Waals surface area contributed by atoms with Gasteiger partial charge in [0.15, 0.2) is 0 Å². The van der Waals surface area contributed by atoms with Gasteiger partial charge in [-0.25, -0.2) is 0 Å². The average molecular weight is 273 g/mol. The van der Waals surface area contributed by atoms with Gasteiger partial charge in [-0.1, -0.05) is 19.1 Å². The van der Waals surface area contributed by atoms with Gasteiger partial charge in [-0.2, -0.15) is 16.9 Å². The van der Waals surface area contributed by atoms with E-state index < -0.39 is 0 Å². The highest BCUT2D eigenvalue weighted by Crippen LogP contribution is 2.29. The minimum atomic E-state index is 0.602. The average Bonchev–Trinajstić information content (AvgIpc) is 3.03. The number of nitrogens with one attached hydrogen (secondary N) is 1. The molecule has 0 amide bonds. The van der Waals surface area contributed by atoms with E-state index >= 15 is 0 Å². The fraction of sp³-hybridized carbons (Fsp3) is 0.400. The largest absolute Gasteiger partial charge is 0.381 e. The molecule has 2 unspecified atom stereocenters. The van der Waals surface area contributed by atoms with E-state index in [-0.39, 0.29) is 0 Å². The van der Waals surface area contributed by atoms with Crippen molar-refractivity contribution in [3.8, 4) is 0 Å². The lowest BCUT2D eigenvalue weighted by molar-refractivity contribution is 0.686. The van der Waals surface area contributed by atoms with Crippen LogP contribution in [0.4, 0.5) is 5.69 Å². The smallest absolute Gasteiger partial charge is 0.0660 e. The highest BCUT2D eigenvalue weighted by Gasteiger charge is 2.23. The standard InChI is InChI=1S/C15H19N3S/c1-12-15(6-9-19-12)17-14-5-2-4-13(10-14)11-18-8-3-7-16-18/h2-5,7-8,10,12,15,17H,6,9,11H2,1H3. The van der Waals surface area contributed by atoms with Gasteiger partial charge in [0, 0.05) is 29.4 Å². The summed E-state index contributed by atoms with van der Waals surface area (Å²) in [5, 5.41) is 8.61. The molecule has 1 N–H and O–H groups in total. The van der Waals surface area contributed by atoms with Crippen molar-refractivity contribution in [2.75, 3.05) is 11.1 Å². The van der Waals surface area contributed by atoms with Gasteiger partial charge in [0.2, 0.25) is 0 Å². The molecule has 4 heteroatoms. The Morgan fingerprint density at radius 2 is 2.37 bits per heavy atom. The molecule has 100 valence electrons. The number of rotatable bonds is 4. The molecule has 0 spiro atoms. The summed E-state index contributed by atoms with van der Waals surface area (Å²) in [6.07, 6.45) is 5.07. The van der Waals surface area contributed by atoms with Gasteiger partial charge in [0.05, 0.1) is 6.54 Å². The highest BCUT2D eigenvalue weighted by atomic mass is 32.2. The molecule has 0 bridgehead atoms. The molecule has 1 fully saturated rings. The minimum absolute atomic E-state index is 0.602. The molecule has 2 atom stereocenters. The zero-order valence-corrected chi connectivity index (χ0v) is 11.9. The lowest BCUT2D eigenvalue weighted by Gasteiger charge is -2.18. The minimum Gasteiger partial charge on any atom is -0.381 e. The van der Waals surface area contributed by atoms with Gasteiger partial charge < -0.3 is 5.32 Å². The third kappa shape index (κ3) is 3.13. The van der Waals surface area contributed by atoms with Gasteiger partial charge in [-0.15, -0.1) is 0 Å². The Hall–Kier alpha value is -1.42. The van der Waals surface area contributed by atoms with Crippen molar-refractivity contribution < 1.29 is 0 Å². The van der Waals surface area contributed by atoms with Gasteiger partial charge in [0.1, 0.15) is 0 Å². The van der Waals surface area contributed by atoms with E-state index in [0.717, 1.165) is 6.54 Å². The van der Waals surface area contributed by atoms with Crippen LogP contribution in [0.3, 0.4) is 0 Å². The summed E-state index contributed by atoms with van der Waals surface area (Å²) >= 11 is 2.06. The first kappa shape index (κ1) is 12.6. The molecule has 3 rings (SSSR count). The number of thioether (sulfide) groups is 1. The third-order valence-electron chi connectivity index (χ3n) is 3.56. The predicted molar refractivity (Wildman–Crippen MR) is 81.7 cm³/mol. The van der Waals surface area contributed by atoms with Crippen molar-refractivity contribution in [1.82, 2.24) is 9.78 Å². The second kappa shape index (κ2) is 5.70. The normalized spacial score (nSPS) is 22.6. The molecule has 3 nitrogen and oxygen atoms in total. The Kier molecular flexibility index (Phi) is 3.78. The van der Waals surface area contributed by atoms with Crippen molar-refractivity contribution in [2.45, 2.75) is 31.2 Å². The monoisotopic (exact) mass is 273 g/mol. The number of nitrogens with zero attached hydrogens (tertiary/aromatic N) is 2. The first-order chi connectivity index (χ1) is 9.31. The Labute approximate surface area is 118 Å². The van der Waals surface area contributed by atoms with Crippen LogP contribution in [0.5, 0.6) is 0 Å². The molecular weight excluding hydrogens is 254 g/mol. The quantitative estimate of drug-likeness (QED) is 0.927. The topological polar surface area (TPSA) is 29.9 Å². The molecule has 1 aromatic heterocycles. The molecule has 1 aliphatic heterocycles. The van der Waals surface area contributed by atoms with Crippen molar-refractivity contribution >= 4 is 17.4 Å². The lowest BCUT2D eigenvalue weighted by atomic mass is 10.1. The summed E-state index contributed by atoms with van der Waals surface area (Å²) in [6, 6.07) is 11.2. The SMILES string of the molecule is CC1SCCC1Nc1cccc(Cn2cccn2)c1. The fourth-order valence-corrected chi connectivity index (χ4v) is 3.67. The van der Waals surface area contributed by atoms with E-state index in [1.807, 2.05) is 23.1 Å². The summed E-state index contributed by atoms with van der Waals surface area (Å²) in [7, 11) is 0. The summed E-state index contributed by atoms with van der Waals surface area (Å²) in [5.74, 6) is 1.27. The molecule has 1 aliphatic rings. The first-order valence-electron chi connectivity index (χ1n) is 6.76. The summed E-state index contributed by atoms with van der Waals surface area (Å²) in [4.78, 5) is 0. The van der Waals surface area contributed by atoms with Crippen LogP contribution in [0.1, 0.15) is 18.9 Å². The Bertz CT molecular complexity index is 524. The van der Waals surface area contributed by atoms with Gasteiger partial charge in [0.25, 0.3) is 0 Å². The number of benzene rings is 1. The van der Waals surface area contributed by atoms with Crippen molar-refractivity contribution in [3.63, 3.8) is 0 Å². The van der Waals surface area contributed by atoms with E-state index in [1.54, 1.807) is 0 Å². The Morgan fingerprint density at radius 1 is 1.42 bits per heavy atom. The predicted octanol–water partition coefficient (Wildman–Crippen LogP) is 3.24. The van der Waals surface area contributed by atoms with Crippen LogP contribution >= 0.6 is 11.8 Å². The highest BCUT2D eigenvalue weighted by molar-refractivity contribution is 8.00. The molecule has 0 saturated carbocycles.